The zero-order valence-corrected chi connectivity index (χ0v) is 19.5. The molecule has 4 rings (SSSR count). The summed E-state index contributed by atoms with van der Waals surface area (Å²) in [6, 6.07) is 10.4. The molecule has 0 radical (unpaired) electrons. The SMILES string of the molecule is COc1ccc(-c2nn([C@H](C)C(=O)Nc3c(C)cc(C)cc3C)c(=O)c3noc(C)c23)cc1. The van der Waals surface area contributed by atoms with Gasteiger partial charge in [0.25, 0.3) is 5.56 Å². The molecule has 1 atom stereocenters. The third-order valence-corrected chi connectivity index (χ3v) is 5.75. The molecule has 2 aromatic heterocycles. The standard InChI is InChI=1S/C25H26N4O4/c1-13-11-14(2)21(15(3)12-13)26-24(30)16(4)29-25(31)23-20(17(5)33-28-23)22(27-29)18-7-9-19(32-6)10-8-18/h7-12,16H,1-6H3,(H,26,30)/t16-/m1/s1. The van der Waals surface area contributed by atoms with E-state index in [0.29, 0.717) is 22.6 Å². The summed E-state index contributed by atoms with van der Waals surface area (Å²) in [6.45, 7) is 9.26. The Balaban J connectivity index is 1.79. The second-order valence-electron chi connectivity index (χ2n) is 8.23. The maximum absolute atomic E-state index is 13.2. The lowest BCUT2D eigenvalue weighted by Crippen LogP contribution is -2.34. The Bertz CT molecular complexity index is 1390. The minimum absolute atomic E-state index is 0.135. The molecule has 33 heavy (non-hydrogen) atoms. The van der Waals surface area contributed by atoms with E-state index in [4.69, 9.17) is 9.26 Å². The maximum atomic E-state index is 13.2. The maximum Gasteiger partial charge on any atom is 0.297 e. The van der Waals surface area contributed by atoms with E-state index in [1.54, 1.807) is 33.1 Å². The second-order valence-corrected chi connectivity index (χ2v) is 8.23. The number of nitrogens with zero attached hydrogens (tertiary/aromatic N) is 3. The Morgan fingerprint density at radius 1 is 1.09 bits per heavy atom. The minimum Gasteiger partial charge on any atom is -0.497 e. The summed E-state index contributed by atoms with van der Waals surface area (Å²) in [4.78, 5) is 26.3. The van der Waals surface area contributed by atoms with E-state index in [0.717, 1.165) is 32.6 Å². The molecule has 1 amide bonds. The Morgan fingerprint density at radius 2 is 1.73 bits per heavy atom. The van der Waals surface area contributed by atoms with Gasteiger partial charge >= 0.3 is 0 Å². The van der Waals surface area contributed by atoms with Gasteiger partial charge in [-0.2, -0.15) is 5.10 Å². The molecule has 2 aromatic carbocycles. The molecule has 0 aliphatic rings. The number of carbonyl (C=O) groups excluding carboxylic acids is 1. The molecule has 2 heterocycles. The molecular weight excluding hydrogens is 420 g/mol. The lowest BCUT2D eigenvalue weighted by atomic mass is 10.0. The van der Waals surface area contributed by atoms with Gasteiger partial charge in [0, 0.05) is 11.3 Å². The molecule has 8 nitrogen and oxygen atoms in total. The van der Waals surface area contributed by atoms with Crippen LogP contribution in [0.3, 0.4) is 0 Å². The zero-order chi connectivity index (χ0) is 23.9. The number of benzene rings is 2. The van der Waals surface area contributed by atoms with Crippen LogP contribution in [0.5, 0.6) is 5.75 Å². The molecule has 8 heteroatoms. The zero-order valence-electron chi connectivity index (χ0n) is 19.5. The Hall–Kier alpha value is -3.94. The van der Waals surface area contributed by atoms with Crippen LogP contribution in [0.4, 0.5) is 5.69 Å². The minimum atomic E-state index is -0.879. The number of fused-ring (bicyclic) bond motifs is 1. The first-order valence-electron chi connectivity index (χ1n) is 10.6. The van der Waals surface area contributed by atoms with Gasteiger partial charge in [-0.3, -0.25) is 9.59 Å². The molecule has 0 aliphatic carbocycles. The largest absolute Gasteiger partial charge is 0.497 e. The van der Waals surface area contributed by atoms with Crippen molar-refractivity contribution < 1.29 is 14.1 Å². The monoisotopic (exact) mass is 446 g/mol. The van der Waals surface area contributed by atoms with Gasteiger partial charge in [-0.15, -0.1) is 0 Å². The van der Waals surface area contributed by atoms with Crippen LogP contribution < -0.4 is 15.6 Å². The highest BCUT2D eigenvalue weighted by molar-refractivity contribution is 5.96. The van der Waals surface area contributed by atoms with Crippen LogP contribution in [-0.2, 0) is 4.79 Å². The Morgan fingerprint density at radius 3 is 2.33 bits per heavy atom. The molecule has 0 aliphatic heterocycles. The topological polar surface area (TPSA) is 99.2 Å². The van der Waals surface area contributed by atoms with Gasteiger partial charge in [-0.05, 0) is 70.0 Å². The Kier molecular flexibility index (Phi) is 5.76. The molecule has 0 fully saturated rings. The number of carbonyl (C=O) groups is 1. The van der Waals surface area contributed by atoms with Crippen LogP contribution in [-0.4, -0.2) is 28.0 Å². The first-order chi connectivity index (χ1) is 15.7. The molecular formula is C25H26N4O4. The number of aryl methyl sites for hydroxylation is 4. The fourth-order valence-electron chi connectivity index (χ4n) is 4.04. The van der Waals surface area contributed by atoms with E-state index in [9.17, 15) is 9.59 Å². The molecule has 1 N–H and O–H groups in total. The predicted octanol–water partition coefficient (Wildman–Crippen LogP) is 4.49. The lowest BCUT2D eigenvalue weighted by Gasteiger charge is -2.18. The summed E-state index contributed by atoms with van der Waals surface area (Å²) in [5, 5.41) is 12.0. The van der Waals surface area contributed by atoms with Crippen LogP contribution >= 0.6 is 0 Å². The number of anilines is 1. The number of hydrogen-bond acceptors (Lipinski definition) is 6. The average Bonchev–Trinajstić information content (AvgIpc) is 3.18. The van der Waals surface area contributed by atoms with Gasteiger partial charge in [-0.1, -0.05) is 22.9 Å². The molecule has 0 saturated carbocycles. The first-order valence-corrected chi connectivity index (χ1v) is 10.6. The fraction of sp³-hybridized carbons (Fsp3) is 0.280. The first kappa shape index (κ1) is 22.3. The van der Waals surface area contributed by atoms with E-state index in [1.165, 1.54) is 0 Å². The van der Waals surface area contributed by atoms with Gasteiger partial charge in [0.15, 0.2) is 5.52 Å². The highest BCUT2D eigenvalue weighted by atomic mass is 16.5. The number of hydrogen-bond donors (Lipinski definition) is 1. The van der Waals surface area contributed by atoms with Crippen LogP contribution in [0.15, 0.2) is 45.7 Å². The summed E-state index contributed by atoms with van der Waals surface area (Å²) in [5.74, 6) is 0.831. The van der Waals surface area contributed by atoms with Crippen molar-refractivity contribution in [2.75, 3.05) is 12.4 Å². The fourth-order valence-corrected chi connectivity index (χ4v) is 4.04. The summed E-state index contributed by atoms with van der Waals surface area (Å²) in [6.07, 6.45) is 0. The molecule has 0 spiro atoms. The number of methoxy groups -OCH3 is 1. The van der Waals surface area contributed by atoms with Crippen LogP contribution in [0, 0.1) is 27.7 Å². The molecule has 170 valence electrons. The quantitative estimate of drug-likeness (QED) is 0.485. The highest BCUT2D eigenvalue weighted by Crippen LogP contribution is 2.29. The molecule has 0 unspecified atom stereocenters. The van der Waals surface area contributed by atoms with Crippen LogP contribution in [0.1, 0.15) is 35.4 Å². The second kappa shape index (κ2) is 8.54. The van der Waals surface area contributed by atoms with Gasteiger partial charge in [-0.25, -0.2) is 4.68 Å². The summed E-state index contributed by atoms with van der Waals surface area (Å²) in [5.41, 5.74) is 4.66. The van der Waals surface area contributed by atoms with E-state index in [1.807, 2.05) is 45.0 Å². The Labute approximate surface area is 191 Å². The van der Waals surface area contributed by atoms with Crippen LogP contribution in [0.25, 0.3) is 22.2 Å². The molecule has 0 saturated heterocycles. The van der Waals surface area contributed by atoms with Crippen molar-refractivity contribution in [3.8, 4) is 17.0 Å². The normalized spacial score (nSPS) is 12.1. The van der Waals surface area contributed by atoms with Crippen molar-refractivity contribution in [1.82, 2.24) is 14.9 Å². The highest BCUT2D eigenvalue weighted by Gasteiger charge is 2.25. The van der Waals surface area contributed by atoms with Gasteiger partial charge in [0.2, 0.25) is 5.91 Å². The van der Waals surface area contributed by atoms with Crippen molar-refractivity contribution in [2.45, 2.75) is 40.7 Å². The summed E-state index contributed by atoms with van der Waals surface area (Å²) < 4.78 is 11.7. The van der Waals surface area contributed by atoms with Gasteiger partial charge < -0.3 is 14.6 Å². The molecule has 0 bridgehead atoms. The number of rotatable bonds is 5. The molecule has 4 aromatic rings. The van der Waals surface area contributed by atoms with Crippen molar-refractivity contribution >= 4 is 22.5 Å². The smallest absolute Gasteiger partial charge is 0.297 e. The van der Waals surface area contributed by atoms with Gasteiger partial charge in [0.05, 0.1) is 12.5 Å². The van der Waals surface area contributed by atoms with Crippen molar-refractivity contribution in [3.63, 3.8) is 0 Å². The van der Waals surface area contributed by atoms with E-state index >= 15 is 0 Å². The summed E-state index contributed by atoms with van der Waals surface area (Å²) in [7, 11) is 1.59. The summed E-state index contributed by atoms with van der Waals surface area (Å²) >= 11 is 0. The van der Waals surface area contributed by atoms with Crippen molar-refractivity contribution in [2.24, 2.45) is 0 Å². The van der Waals surface area contributed by atoms with E-state index < -0.39 is 11.6 Å². The third kappa shape index (κ3) is 4.00. The number of aromatic nitrogens is 3. The van der Waals surface area contributed by atoms with Crippen LogP contribution in [0.2, 0.25) is 0 Å². The van der Waals surface area contributed by atoms with Crippen molar-refractivity contribution in [3.05, 3.63) is 69.2 Å². The van der Waals surface area contributed by atoms with E-state index in [2.05, 4.69) is 15.6 Å². The average molecular weight is 447 g/mol. The number of ether oxygens (including phenoxy) is 1. The van der Waals surface area contributed by atoms with E-state index in [-0.39, 0.29) is 11.4 Å². The lowest BCUT2D eigenvalue weighted by molar-refractivity contribution is -0.119. The third-order valence-electron chi connectivity index (χ3n) is 5.75. The van der Waals surface area contributed by atoms with Gasteiger partial charge in [0.1, 0.15) is 23.2 Å². The number of amides is 1. The van der Waals surface area contributed by atoms with Crippen molar-refractivity contribution in [1.29, 1.82) is 0 Å². The predicted molar refractivity (Wildman–Crippen MR) is 127 cm³/mol. The number of nitrogens with one attached hydrogen (secondary N) is 1.